The summed E-state index contributed by atoms with van der Waals surface area (Å²) >= 11 is 5.96. The minimum absolute atomic E-state index is 0.0478. The van der Waals surface area contributed by atoms with Gasteiger partial charge in [0.05, 0.1) is 13.1 Å². The van der Waals surface area contributed by atoms with E-state index >= 15 is 0 Å². The summed E-state index contributed by atoms with van der Waals surface area (Å²) in [6, 6.07) is 13.5. The molecule has 162 valence electrons. The van der Waals surface area contributed by atoms with Crippen LogP contribution in [0.25, 0.3) is 5.65 Å². The fourth-order valence-corrected chi connectivity index (χ4v) is 3.66. The Balaban J connectivity index is 1.23. The zero-order valence-electron chi connectivity index (χ0n) is 17.3. The zero-order valence-corrected chi connectivity index (χ0v) is 18.1. The molecule has 1 amide bonds. The zero-order chi connectivity index (χ0) is 21.6. The molecule has 1 aromatic carbocycles. The number of carbonyl (C=O) groups excluding carboxylic acids is 1. The number of fused-ring (bicyclic) bond motifs is 1. The second-order valence-electron chi connectivity index (χ2n) is 7.17. The van der Waals surface area contributed by atoms with Crippen LogP contribution in [0.4, 0.5) is 5.69 Å². The molecule has 2 N–H and O–H groups in total. The van der Waals surface area contributed by atoms with Crippen molar-refractivity contribution in [3.8, 4) is 0 Å². The lowest BCUT2D eigenvalue weighted by molar-refractivity contribution is -0.130. The van der Waals surface area contributed by atoms with Crippen LogP contribution < -0.4 is 15.5 Å². The quantitative estimate of drug-likeness (QED) is 0.460. The molecule has 0 aliphatic carbocycles. The van der Waals surface area contributed by atoms with Gasteiger partial charge in [-0.25, -0.2) is 0 Å². The lowest BCUT2D eigenvalue weighted by Gasteiger charge is -2.36. The number of benzene rings is 1. The number of piperazine rings is 1. The highest BCUT2D eigenvalue weighted by Crippen LogP contribution is 2.19. The molecule has 0 spiro atoms. The molecule has 1 saturated heterocycles. The number of pyridine rings is 1. The predicted molar refractivity (Wildman–Crippen MR) is 121 cm³/mol. The molecule has 2 aromatic heterocycles. The Hall–Kier alpha value is -3.33. The summed E-state index contributed by atoms with van der Waals surface area (Å²) in [4.78, 5) is 21.0. The molecule has 0 radical (unpaired) electrons. The largest absolute Gasteiger partial charge is 0.368 e. The maximum atomic E-state index is 12.6. The van der Waals surface area contributed by atoms with Crippen molar-refractivity contribution in [2.45, 2.75) is 6.54 Å². The van der Waals surface area contributed by atoms with Crippen LogP contribution in [0.15, 0.2) is 53.7 Å². The van der Waals surface area contributed by atoms with E-state index in [0.717, 1.165) is 35.3 Å². The van der Waals surface area contributed by atoms with Crippen LogP contribution in [0.2, 0.25) is 5.02 Å². The summed E-state index contributed by atoms with van der Waals surface area (Å²) in [7, 11) is 1.67. The Kier molecular flexibility index (Phi) is 6.51. The van der Waals surface area contributed by atoms with Gasteiger partial charge >= 0.3 is 0 Å². The van der Waals surface area contributed by atoms with E-state index in [2.05, 4.69) is 30.7 Å². The molecule has 1 fully saturated rings. The van der Waals surface area contributed by atoms with Crippen LogP contribution >= 0.6 is 11.6 Å². The molecule has 10 heteroatoms. The lowest BCUT2D eigenvalue weighted by atomic mass is 10.2. The number of amides is 1. The van der Waals surface area contributed by atoms with Gasteiger partial charge < -0.3 is 20.4 Å². The van der Waals surface area contributed by atoms with Crippen LogP contribution in [0.5, 0.6) is 0 Å². The second kappa shape index (κ2) is 9.65. The number of hydrogen-bond acceptors (Lipinski definition) is 5. The first-order valence-corrected chi connectivity index (χ1v) is 10.5. The van der Waals surface area contributed by atoms with Crippen molar-refractivity contribution in [2.75, 3.05) is 44.7 Å². The van der Waals surface area contributed by atoms with Gasteiger partial charge in [-0.2, -0.15) is 0 Å². The Morgan fingerprint density at radius 2 is 1.84 bits per heavy atom. The predicted octanol–water partition coefficient (Wildman–Crippen LogP) is 1.40. The number of aliphatic imine (C=N–C) groups is 1. The van der Waals surface area contributed by atoms with Crippen LogP contribution in [0.3, 0.4) is 0 Å². The minimum Gasteiger partial charge on any atom is -0.368 e. The highest BCUT2D eigenvalue weighted by Gasteiger charge is 2.21. The SMILES string of the molecule is CN=C(NCC(=O)N1CCN(c2ccc(Cl)cc2)CC1)NCc1nnc2ccccn12. The molecule has 0 atom stereocenters. The summed E-state index contributed by atoms with van der Waals surface area (Å²) in [5.41, 5.74) is 1.91. The molecular weight excluding hydrogens is 416 g/mol. The Morgan fingerprint density at radius 3 is 2.58 bits per heavy atom. The van der Waals surface area contributed by atoms with Crippen molar-refractivity contribution in [1.82, 2.24) is 30.1 Å². The van der Waals surface area contributed by atoms with Gasteiger partial charge in [0.2, 0.25) is 5.91 Å². The first-order valence-electron chi connectivity index (χ1n) is 10.2. The van der Waals surface area contributed by atoms with E-state index in [1.807, 2.05) is 58.0 Å². The van der Waals surface area contributed by atoms with Gasteiger partial charge in [0.15, 0.2) is 17.4 Å². The number of guanidine groups is 1. The lowest BCUT2D eigenvalue weighted by Crippen LogP contribution is -2.52. The van der Waals surface area contributed by atoms with Gasteiger partial charge in [-0.3, -0.25) is 14.2 Å². The number of anilines is 1. The van der Waals surface area contributed by atoms with Crippen LogP contribution in [-0.4, -0.2) is 71.1 Å². The number of aromatic nitrogens is 3. The third-order valence-corrected chi connectivity index (χ3v) is 5.51. The highest BCUT2D eigenvalue weighted by molar-refractivity contribution is 6.30. The summed E-state index contributed by atoms with van der Waals surface area (Å²) in [6.45, 7) is 3.57. The van der Waals surface area contributed by atoms with Gasteiger partial charge in [-0.05, 0) is 36.4 Å². The van der Waals surface area contributed by atoms with Crippen molar-refractivity contribution in [3.05, 3.63) is 59.5 Å². The highest BCUT2D eigenvalue weighted by atomic mass is 35.5. The van der Waals surface area contributed by atoms with Crippen molar-refractivity contribution in [3.63, 3.8) is 0 Å². The number of rotatable bonds is 5. The average Bonchev–Trinajstić information content (AvgIpc) is 3.23. The number of nitrogens with zero attached hydrogens (tertiary/aromatic N) is 6. The molecule has 0 saturated carbocycles. The van der Waals surface area contributed by atoms with Gasteiger partial charge in [0.25, 0.3) is 0 Å². The first kappa shape index (κ1) is 20.9. The molecule has 1 aliphatic rings. The fourth-order valence-electron chi connectivity index (χ4n) is 3.53. The minimum atomic E-state index is 0.0478. The topological polar surface area (TPSA) is 90.2 Å². The van der Waals surface area contributed by atoms with Crippen LogP contribution in [0.1, 0.15) is 5.82 Å². The van der Waals surface area contributed by atoms with Crippen molar-refractivity contribution in [1.29, 1.82) is 0 Å². The molecule has 1 aliphatic heterocycles. The van der Waals surface area contributed by atoms with Gasteiger partial charge in [0, 0.05) is 50.1 Å². The molecular formula is C21H25ClN8O. The molecule has 3 aromatic rings. The molecule has 0 unspecified atom stereocenters. The normalized spacial score (nSPS) is 14.7. The monoisotopic (exact) mass is 440 g/mol. The van der Waals surface area contributed by atoms with Crippen molar-refractivity contribution in [2.24, 2.45) is 4.99 Å². The van der Waals surface area contributed by atoms with E-state index < -0.39 is 0 Å². The first-order chi connectivity index (χ1) is 15.1. The second-order valence-corrected chi connectivity index (χ2v) is 7.61. The molecule has 31 heavy (non-hydrogen) atoms. The van der Waals surface area contributed by atoms with Crippen molar-refractivity contribution < 1.29 is 4.79 Å². The van der Waals surface area contributed by atoms with E-state index in [0.29, 0.717) is 25.6 Å². The summed E-state index contributed by atoms with van der Waals surface area (Å²) in [6.07, 6.45) is 1.91. The Morgan fingerprint density at radius 1 is 1.06 bits per heavy atom. The third kappa shape index (κ3) is 5.05. The van der Waals surface area contributed by atoms with E-state index in [1.165, 1.54) is 0 Å². The maximum absolute atomic E-state index is 12.6. The van der Waals surface area contributed by atoms with Gasteiger partial charge in [0.1, 0.15) is 0 Å². The van der Waals surface area contributed by atoms with E-state index in [-0.39, 0.29) is 12.5 Å². The molecule has 0 bridgehead atoms. The molecule has 3 heterocycles. The number of hydrogen-bond donors (Lipinski definition) is 2. The standard InChI is InChI=1S/C21H25ClN8O/c1-23-21(24-14-19-27-26-18-4-2-3-9-30(18)19)25-15-20(31)29-12-10-28(11-13-29)17-7-5-16(22)6-8-17/h2-9H,10-15H2,1H3,(H2,23,24,25). The third-order valence-electron chi connectivity index (χ3n) is 5.25. The number of carbonyl (C=O) groups is 1. The van der Waals surface area contributed by atoms with E-state index in [4.69, 9.17) is 11.6 Å². The average molecular weight is 441 g/mol. The van der Waals surface area contributed by atoms with E-state index in [1.54, 1.807) is 7.05 Å². The number of halogens is 1. The maximum Gasteiger partial charge on any atom is 0.242 e. The fraction of sp³-hybridized carbons (Fsp3) is 0.333. The molecule has 9 nitrogen and oxygen atoms in total. The van der Waals surface area contributed by atoms with E-state index in [9.17, 15) is 4.79 Å². The Bertz CT molecular complexity index is 1060. The van der Waals surface area contributed by atoms with Crippen LogP contribution in [0, 0.1) is 0 Å². The van der Waals surface area contributed by atoms with Gasteiger partial charge in [-0.15, -0.1) is 10.2 Å². The van der Waals surface area contributed by atoms with Crippen LogP contribution in [-0.2, 0) is 11.3 Å². The summed E-state index contributed by atoms with van der Waals surface area (Å²) in [5.74, 6) is 1.36. The smallest absolute Gasteiger partial charge is 0.242 e. The summed E-state index contributed by atoms with van der Waals surface area (Å²) < 4.78 is 1.91. The Labute approximate surface area is 185 Å². The van der Waals surface area contributed by atoms with Crippen molar-refractivity contribution >= 4 is 34.8 Å². The summed E-state index contributed by atoms with van der Waals surface area (Å²) in [5, 5.41) is 15.3. The number of nitrogens with one attached hydrogen (secondary N) is 2. The molecule has 4 rings (SSSR count). The van der Waals surface area contributed by atoms with Gasteiger partial charge in [-0.1, -0.05) is 17.7 Å².